The topological polar surface area (TPSA) is 77.8 Å². The average molecular weight is 461 g/mol. The molecule has 31 heavy (non-hydrogen) atoms. The van der Waals surface area contributed by atoms with E-state index in [4.69, 9.17) is 0 Å². The lowest BCUT2D eigenvalue weighted by molar-refractivity contribution is -0.271. The van der Waals surface area contributed by atoms with Gasteiger partial charge in [-0.2, -0.15) is 11.8 Å². The van der Waals surface area contributed by atoms with Gasteiger partial charge in [-0.15, -0.1) is 0 Å². The molecule has 4 aliphatic carbocycles. The highest BCUT2D eigenvalue weighted by molar-refractivity contribution is 8.00. The van der Waals surface area contributed by atoms with Crippen LogP contribution in [-0.2, 0) is 4.79 Å². The molecule has 0 aromatic carbocycles. The summed E-state index contributed by atoms with van der Waals surface area (Å²) >= 11 is 1.40. The van der Waals surface area contributed by atoms with E-state index in [0.29, 0.717) is 19.3 Å². The van der Waals surface area contributed by atoms with Crippen LogP contribution in [0.4, 0.5) is 8.78 Å². The zero-order valence-corrected chi connectivity index (χ0v) is 20.0. The van der Waals surface area contributed by atoms with Crippen molar-refractivity contribution in [2.24, 2.45) is 28.6 Å². The summed E-state index contributed by atoms with van der Waals surface area (Å²) in [6.45, 7) is 5.59. The maximum absolute atomic E-state index is 17.2. The summed E-state index contributed by atoms with van der Waals surface area (Å²) in [6.07, 6.45) is 1.77. The summed E-state index contributed by atoms with van der Waals surface area (Å²) in [4.78, 5) is 12.1. The van der Waals surface area contributed by atoms with Gasteiger partial charge in [0.25, 0.3) is 0 Å². The predicted molar refractivity (Wildman–Crippen MR) is 117 cm³/mol. The molecule has 0 amide bonds. The molecule has 4 unspecified atom stereocenters. The molecule has 0 aromatic rings. The van der Waals surface area contributed by atoms with Crippen LogP contribution in [-0.4, -0.2) is 55.8 Å². The zero-order valence-electron chi connectivity index (χ0n) is 19.2. The first kappa shape index (κ1) is 23.9. The Kier molecular flexibility index (Phi) is 5.69. The molecule has 0 aromatic heterocycles. The Labute approximate surface area is 188 Å². The molecule has 4 aliphatic rings. The van der Waals surface area contributed by atoms with Gasteiger partial charge in [-0.3, -0.25) is 4.79 Å². The van der Waals surface area contributed by atoms with E-state index in [0.717, 1.165) is 0 Å². The Bertz CT molecular complexity index is 749. The van der Waals surface area contributed by atoms with Gasteiger partial charge in [0.2, 0.25) is 0 Å². The third-order valence-corrected chi connectivity index (χ3v) is 11.9. The van der Waals surface area contributed by atoms with E-state index >= 15 is 8.78 Å². The fraction of sp³-hybridized carbons (Fsp3) is 0.958. The third-order valence-electron chi connectivity index (χ3n) is 10.2. The molecule has 0 saturated heterocycles. The number of carbonyl (C=O) groups is 1. The molecule has 7 heteroatoms. The smallest absolute Gasteiger partial charge is 0.178 e. The SMILES string of the molecule is CCCC(O)(O)C1(SC)CC[C@H]2[C@@H]3CC(F)C4CC(=O)CC[C@]4(C)[C@]3(F)C(O)C[C@@]21C. The van der Waals surface area contributed by atoms with Crippen LogP contribution in [0.25, 0.3) is 0 Å². The molecule has 0 aliphatic heterocycles. The minimum absolute atomic E-state index is 0.0105. The summed E-state index contributed by atoms with van der Waals surface area (Å²) in [5.41, 5.74) is -3.80. The lowest BCUT2D eigenvalue weighted by Gasteiger charge is -2.66. The van der Waals surface area contributed by atoms with Crippen LogP contribution in [0, 0.1) is 28.6 Å². The largest absolute Gasteiger partial charge is 0.390 e. The highest BCUT2D eigenvalue weighted by Gasteiger charge is 2.77. The second-order valence-corrected chi connectivity index (χ2v) is 12.4. The molecule has 0 heterocycles. The lowest BCUT2D eigenvalue weighted by atomic mass is 9.41. The lowest BCUT2D eigenvalue weighted by Crippen LogP contribution is -2.73. The van der Waals surface area contributed by atoms with Crippen LogP contribution in [0.1, 0.15) is 78.6 Å². The Hall–Kier alpha value is -0.240. The third kappa shape index (κ3) is 2.78. The van der Waals surface area contributed by atoms with E-state index in [2.05, 4.69) is 0 Å². The molecule has 0 radical (unpaired) electrons. The van der Waals surface area contributed by atoms with Gasteiger partial charge in [-0.05, 0) is 49.7 Å². The number of halogens is 2. The summed E-state index contributed by atoms with van der Waals surface area (Å²) in [5.74, 6) is -3.62. The monoisotopic (exact) mass is 460 g/mol. The van der Waals surface area contributed by atoms with Crippen molar-refractivity contribution in [1.82, 2.24) is 0 Å². The number of aliphatic hydroxyl groups excluding tert-OH is 1. The van der Waals surface area contributed by atoms with E-state index in [1.807, 2.05) is 20.1 Å². The first-order chi connectivity index (χ1) is 14.3. The number of carbonyl (C=O) groups excluding carboxylic acids is 1. The summed E-state index contributed by atoms with van der Waals surface area (Å²) < 4.78 is 31.7. The van der Waals surface area contributed by atoms with Crippen LogP contribution < -0.4 is 0 Å². The molecule has 178 valence electrons. The van der Waals surface area contributed by atoms with Crippen molar-refractivity contribution in [3.63, 3.8) is 0 Å². The molecule has 9 atom stereocenters. The second kappa shape index (κ2) is 7.38. The first-order valence-electron chi connectivity index (χ1n) is 11.9. The van der Waals surface area contributed by atoms with E-state index in [1.165, 1.54) is 11.8 Å². The number of hydrogen-bond donors (Lipinski definition) is 3. The quantitative estimate of drug-likeness (QED) is 0.549. The summed E-state index contributed by atoms with van der Waals surface area (Å²) in [7, 11) is 0. The maximum atomic E-state index is 17.2. The van der Waals surface area contributed by atoms with Crippen LogP contribution >= 0.6 is 11.8 Å². The van der Waals surface area contributed by atoms with Crippen molar-refractivity contribution < 1.29 is 28.9 Å². The Morgan fingerprint density at radius 3 is 2.45 bits per heavy atom. The average Bonchev–Trinajstić information content (AvgIpc) is 2.99. The minimum Gasteiger partial charge on any atom is -0.390 e. The van der Waals surface area contributed by atoms with Crippen LogP contribution in [0.5, 0.6) is 0 Å². The molecule has 4 rings (SSSR count). The minimum atomic E-state index is -1.97. The molecular weight excluding hydrogens is 422 g/mol. The number of rotatable bonds is 4. The van der Waals surface area contributed by atoms with Gasteiger partial charge in [0.1, 0.15) is 17.6 Å². The molecule has 0 bridgehead atoms. The number of aliphatic hydroxyl groups is 3. The fourth-order valence-electron chi connectivity index (χ4n) is 8.73. The normalized spacial score (nSPS) is 52.4. The van der Waals surface area contributed by atoms with Crippen molar-refractivity contribution in [2.45, 2.75) is 107 Å². The van der Waals surface area contributed by atoms with Gasteiger partial charge in [0.05, 0.1) is 10.9 Å². The number of ketones is 1. The number of fused-ring (bicyclic) bond motifs is 5. The van der Waals surface area contributed by atoms with Gasteiger partial charge >= 0.3 is 0 Å². The Morgan fingerprint density at radius 2 is 1.84 bits per heavy atom. The molecule has 4 nitrogen and oxygen atoms in total. The highest BCUT2D eigenvalue weighted by Crippen LogP contribution is 2.74. The van der Waals surface area contributed by atoms with Gasteiger partial charge in [0.15, 0.2) is 5.79 Å². The Balaban J connectivity index is 1.80. The van der Waals surface area contributed by atoms with Crippen LogP contribution in [0.2, 0.25) is 0 Å². The molecular formula is C24H38F2O4S. The number of hydrogen-bond acceptors (Lipinski definition) is 5. The fourth-order valence-corrected chi connectivity index (χ4v) is 10.2. The molecule has 3 N–H and O–H groups in total. The maximum Gasteiger partial charge on any atom is 0.178 e. The number of alkyl halides is 2. The number of thioether (sulfide) groups is 1. The van der Waals surface area contributed by atoms with Gasteiger partial charge in [0, 0.05) is 36.5 Å². The van der Waals surface area contributed by atoms with Crippen molar-refractivity contribution in [3.8, 4) is 0 Å². The van der Waals surface area contributed by atoms with E-state index < -0.39 is 51.1 Å². The summed E-state index contributed by atoms with van der Waals surface area (Å²) in [6, 6.07) is 0. The van der Waals surface area contributed by atoms with Crippen molar-refractivity contribution in [2.75, 3.05) is 6.26 Å². The molecule has 4 fully saturated rings. The Morgan fingerprint density at radius 1 is 1.16 bits per heavy atom. The van der Waals surface area contributed by atoms with E-state index in [1.54, 1.807) is 6.92 Å². The predicted octanol–water partition coefficient (Wildman–Crippen LogP) is 4.19. The standard InChI is InChI=1S/C24H38F2O4S/c1-5-8-23(29,30)22(31-4)10-7-15-16-12-18(25)17-11-14(27)6-9-20(17,2)24(16,26)19(28)13-21(15,22)3/h15-19,28-30H,5-13H2,1-4H3/t15-,16-,17?,18?,19?,20-,21-,22?,24+/m0/s1. The van der Waals surface area contributed by atoms with Gasteiger partial charge in [-0.25, -0.2) is 8.78 Å². The van der Waals surface area contributed by atoms with Crippen molar-refractivity contribution in [3.05, 3.63) is 0 Å². The van der Waals surface area contributed by atoms with Crippen molar-refractivity contribution >= 4 is 17.5 Å². The van der Waals surface area contributed by atoms with Gasteiger partial charge in [-0.1, -0.05) is 27.2 Å². The van der Waals surface area contributed by atoms with Crippen LogP contribution in [0.15, 0.2) is 0 Å². The second-order valence-electron chi connectivity index (χ2n) is 11.3. The van der Waals surface area contributed by atoms with E-state index in [9.17, 15) is 20.1 Å². The van der Waals surface area contributed by atoms with Gasteiger partial charge < -0.3 is 15.3 Å². The van der Waals surface area contributed by atoms with E-state index in [-0.39, 0.29) is 50.2 Å². The summed E-state index contributed by atoms with van der Waals surface area (Å²) in [5, 5.41) is 33.8. The highest BCUT2D eigenvalue weighted by atomic mass is 32.2. The molecule has 4 saturated carbocycles. The molecule has 0 spiro atoms. The first-order valence-corrected chi connectivity index (χ1v) is 13.1. The van der Waals surface area contributed by atoms with Crippen molar-refractivity contribution in [1.29, 1.82) is 0 Å². The zero-order chi connectivity index (χ0) is 23.0. The van der Waals surface area contributed by atoms with Crippen LogP contribution in [0.3, 0.4) is 0 Å². The number of Topliss-reactive ketones (excluding diaryl/α,β-unsaturated/α-hetero) is 1.